The number of imidazole rings is 1. The summed E-state index contributed by atoms with van der Waals surface area (Å²) in [6.45, 7) is 4.39. The molecule has 0 amide bonds. The molecule has 4 nitrogen and oxygen atoms in total. The monoisotopic (exact) mass is 362 g/mol. The van der Waals surface area contributed by atoms with Crippen LogP contribution in [-0.2, 0) is 0 Å². The largest absolute Gasteiger partial charge is 0.339 e. The summed E-state index contributed by atoms with van der Waals surface area (Å²) in [5.41, 5.74) is 4.99. The van der Waals surface area contributed by atoms with Gasteiger partial charge in [0.05, 0.1) is 6.20 Å². The molecule has 2 heterocycles. The van der Waals surface area contributed by atoms with Gasteiger partial charge in [0.25, 0.3) is 0 Å². The molecule has 26 heavy (non-hydrogen) atoms. The molecule has 0 bridgehead atoms. The van der Waals surface area contributed by atoms with Gasteiger partial charge < -0.3 is 5.32 Å². The van der Waals surface area contributed by atoms with Crippen molar-refractivity contribution < 1.29 is 0 Å². The van der Waals surface area contributed by atoms with Crippen molar-refractivity contribution in [2.45, 2.75) is 19.8 Å². The lowest BCUT2D eigenvalue weighted by atomic mass is 10.0. The van der Waals surface area contributed by atoms with E-state index in [9.17, 15) is 0 Å². The van der Waals surface area contributed by atoms with E-state index in [1.807, 2.05) is 34.9 Å². The third-order valence-corrected chi connectivity index (χ3v) is 4.64. The van der Waals surface area contributed by atoms with E-state index in [4.69, 9.17) is 16.6 Å². The zero-order chi connectivity index (χ0) is 18.1. The maximum absolute atomic E-state index is 6.04. The third kappa shape index (κ3) is 3.16. The van der Waals surface area contributed by atoms with Crippen LogP contribution in [0.25, 0.3) is 16.9 Å². The van der Waals surface area contributed by atoms with Gasteiger partial charge in [-0.1, -0.05) is 49.7 Å². The molecule has 5 heteroatoms. The Balaban J connectivity index is 1.79. The average Bonchev–Trinajstić information content (AvgIpc) is 3.01. The molecule has 4 rings (SSSR count). The molecule has 4 aromatic rings. The minimum atomic E-state index is 0.510. The molecule has 0 spiro atoms. The van der Waals surface area contributed by atoms with Crippen molar-refractivity contribution in [3.63, 3.8) is 0 Å². The van der Waals surface area contributed by atoms with E-state index in [1.165, 1.54) is 5.56 Å². The second-order valence-electron chi connectivity index (χ2n) is 6.52. The second-order valence-corrected chi connectivity index (χ2v) is 6.96. The lowest BCUT2D eigenvalue weighted by Crippen LogP contribution is -1.97. The van der Waals surface area contributed by atoms with Gasteiger partial charge in [0, 0.05) is 28.7 Å². The number of halogens is 1. The fourth-order valence-corrected chi connectivity index (χ4v) is 3.05. The first-order valence-electron chi connectivity index (χ1n) is 8.57. The summed E-state index contributed by atoms with van der Waals surface area (Å²) < 4.78 is 2.01. The highest BCUT2D eigenvalue weighted by Gasteiger charge is 2.14. The summed E-state index contributed by atoms with van der Waals surface area (Å²) in [5.74, 6) is 1.41. The lowest BCUT2D eigenvalue weighted by Gasteiger charge is -2.11. The molecule has 0 fully saturated rings. The summed E-state index contributed by atoms with van der Waals surface area (Å²) >= 11 is 6.04. The van der Waals surface area contributed by atoms with Gasteiger partial charge in [-0.15, -0.1) is 0 Å². The van der Waals surface area contributed by atoms with Crippen molar-refractivity contribution in [3.8, 4) is 11.3 Å². The third-order valence-electron chi connectivity index (χ3n) is 4.39. The Morgan fingerprint density at radius 3 is 2.42 bits per heavy atom. The predicted octanol–water partition coefficient (Wildman–Crippen LogP) is 5.92. The van der Waals surface area contributed by atoms with Crippen molar-refractivity contribution in [1.29, 1.82) is 0 Å². The standard InChI is InChI=1S/C21H19ClN4/c1-14(2)15-5-9-18(10-6-15)24-21-20(16-3-7-17(22)8-4-16)25-19-13-23-11-12-26(19)21/h3-14,24H,1-2H3. The SMILES string of the molecule is CC(C)c1ccc(Nc2c(-c3ccc(Cl)cc3)nc3cnccn23)cc1. The Labute approximate surface area is 157 Å². The van der Waals surface area contributed by atoms with Gasteiger partial charge in [0.1, 0.15) is 11.5 Å². The molecule has 2 aromatic carbocycles. The van der Waals surface area contributed by atoms with Crippen LogP contribution in [0.2, 0.25) is 5.02 Å². The van der Waals surface area contributed by atoms with Gasteiger partial charge in [-0.05, 0) is 35.7 Å². The quantitative estimate of drug-likeness (QED) is 0.490. The fourth-order valence-electron chi connectivity index (χ4n) is 2.92. The van der Waals surface area contributed by atoms with Crippen LogP contribution in [-0.4, -0.2) is 14.4 Å². The van der Waals surface area contributed by atoms with Crippen molar-refractivity contribution >= 4 is 28.8 Å². The van der Waals surface area contributed by atoms with Crippen molar-refractivity contribution in [3.05, 3.63) is 77.7 Å². The highest BCUT2D eigenvalue weighted by molar-refractivity contribution is 6.30. The van der Waals surface area contributed by atoms with Gasteiger partial charge in [0.2, 0.25) is 0 Å². The van der Waals surface area contributed by atoms with Crippen LogP contribution in [0.3, 0.4) is 0 Å². The highest BCUT2D eigenvalue weighted by atomic mass is 35.5. The molecule has 0 aliphatic carbocycles. The second kappa shape index (κ2) is 6.81. The van der Waals surface area contributed by atoms with E-state index in [0.29, 0.717) is 10.9 Å². The van der Waals surface area contributed by atoms with Crippen LogP contribution in [0.15, 0.2) is 67.1 Å². The predicted molar refractivity (Wildman–Crippen MR) is 107 cm³/mol. The maximum atomic E-state index is 6.04. The van der Waals surface area contributed by atoms with Gasteiger partial charge in [-0.25, -0.2) is 4.98 Å². The van der Waals surface area contributed by atoms with E-state index >= 15 is 0 Å². The highest BCUT2D eigenvalue weighted by Crippen LogP contribution is 2.31. The minimum Gasteiger partial charge on any atom is -0.339 e. The number of aromatic nitrogens is 3. The number of benzene rings is 2. The van der Waals surface area contributed by atoms with E-state index in [2.05, 4.69) is 48.4 Å². The van der Waals surface area contributed by atoms with Crippen LogP contribution in [0.4, 0.5) is 11.5 Å². The molecule has 0 aliphatic heterocycles. The number of fused-ring (bicyclic) bond motifs is 1. The molecule has 0 saturated heterocycles. The van der Waals surface area contributed by atoms with E-state index in [1.54, 1.807) is 12.4 Å². The van der Waals surface area contributed by atoms with E-state index in [0.717, 1.165) is 28.4 Å². The molecule has 0 radical (unpaired) electrons. The lowest BCUT2D eigenvalue weighted by molar-refractivity contribution is 0.867. The van der Waals surface area contributed by atoms with Crippen molar-refractivity contribution in [2.75, 3.05) is 5.32 Å². The average molecular weight is 363 g/mol. The Bertz CT molecular complexity index is 1030. The molecule has 0 saturated carbocycles. The first-order chi connectivity index (χ1) is 12.6. The number of hydrogen-bond donors (Lipinski definition) is 1. The van der Waals surface area contributed by atoms with Gasteiger partial charge in [-0.2, -0.15) is 0 Å². The van der Waals surface area contributed by atoms with E-state index in [-0.39, 0.29) is 0 Å². The number of nitrogens with one attached hydrogen (secondary N) is 1. The Hall–Kier alpha value is -2.85. The van der Waals surface area contributed by atoms with Crippen LogP contribution in [0.5, 0.6) is 0 Å². The summed E-state index contributed by atoms with van der Waals surface area (Å²) in [6, 6.07) is 16.2. The number of anilines is 2. The van der Waals surface area contributed by atoms with Gasteiger partial charge in [-0.3, -0.25) is 9.38 Å². The molecule has 0 unspecified atom stereocenters. The molecule has 1 N–H and O–H groups in total. The number of hydrogen-bond acceptors (Lipinski definition) is 3. The minimum absolute atomic E-state index is 0.510. The van der Waals surface area contributed by atoms with Crippen LogP contribution >= 0.6 is 11.6 Å². The Morgan fingerprint density at radius 1 is 1.00 bits per heavy atom. The fraction of sp³-hybridized carbons (Fsp3) is 0.143. The van der Waals surface area contributed by atoms with E-state index < -0.39 is 0 Å². The summed E-state index contributed by atoms with van der Waals surface area (Å²) in [5, 5.41) is 4.22. The molecular formula is C21H19ClN4. The zero-order valence-electron chi connectivity index (χ0n) is 14.6. The molecule has 0 atom stereocenters. The first kappa shape index (κ1) is 16.6. The number of nitrogens with zero attached hydrogens (tertiary/aromatic N) is 3. The number of rotatable bonds is 4. The van der Waals surface area contributed by atoms with Crippen LogP contribution in [0.1, 0.15) is 25.3 Å². The summed E-state index contributed by atoms with van der Waals surface area (Å²) in [4.78, 5) is 8.93. The van der Waals surface area contributed by atoms with Crippen molar-refractivity contribution in [2.24, 2.45) is 0 Å². The molecule has 2 aromatic heterocycles. The zero-order valence-corrected chi connectivity index (χ0v) is 15.4. The maximum Gasteiger partial charge on any atom is 0.157 e. The van der Waals surface area contributed by atoms with Crippen LogP contribution in [0, 0.1) is 0 Å². The van der Waals surface area contributed by atoms with Crippen LogP contribution < -0.4 is 5.32 Å². The van der Waals surface area contributed by atoms with Crippen molar-refractivity contribution in [1.82, 2.24) is 14.4 Å². The molecule has 130 valence electrons. The Kier molecular flexibility index (Phi) is 4.35. The topological polar surface area (TPSA) is 42.2 Å². The molecular weight excluding hydrogens is 344 g/mol. The van der Waals surface area contributed by atoms with Gasteiger partial charge >= 0.3 is 0 Å². The summed E-state index contributed by atoms with van der Waals surface area (Å²) in [7, 11) is 0. The smallest absolute Gasteiger partial charge is 0.157 e. The molecule has 0 aliphatic rings. The Morgan fingerprint density at radius 2 is 1.73 bits per heavy atom. The van der Waals surface area contributed by atoms with Gasteiger partial charge in [0.15, 0.2) is 5.65 Å². The first-order valence-corrected chi connectivity index (χ1v) is 8.94. The summed E-state index contributed by atoms with van der Waals surface area (Å²) in [6.07, 6.45) is 5.42. The normalized spacial score (nSPS) is 11.2.